The van der Waals surface area contributed by atoms with Crippen LogP contribution in [0.3, 0.4) is 0 Å². The third-order valence-electron chi connectivity index (χ3n) is 1.18. The minimum Gasteiger partial charge on any atom is -0.0985 e. The second kappa shape index (κ2) is 4.80. The third-order valence-corrected chi connectivity index (χ3v) is 1.18. The molecule has 0 amide bonds. The van der Waals surface area contributed by atoms with Gasteiger partial charge in [-0.1, -0.05) is 43.0 Å². The Morgan fingerprint density at radius 1 is 1.40 bits per heavy atom. The van der Waals surface area contributed by atoms with E-state index < -0.39 is 0 Å². The zero-order valence-electron chi connectivity index (χ0n) is 6.72. The Morgan fingerprint density at radius 2 is 2.00 bits per heavy atom. The van der Waals surface area contributed by atoms with Crippen LogP contribution in [0.4, 0.5) is 0 Å². The zero-order chi connectivity index (χ0) is 7.98. The van der Waals surface area contributed by atoms with Gasteiger partial charge in [0.05, 0.1) is 0 Å². The average molecular weight is 134 g/mol. The Hall–Kier alpha value is -1.04. The van der Waals surface area contributed by atoms with Crippen molar-refractivity contribution < 1.29 is 0 Å². The first-order chi connectivity index (χ1) is 4.72. The maximum absolute atomic E-state index is 3.81. The van der Waals surface area contributed by atoms with Gasteiger partial charge >= 0.3 is 0 Å². The van der Waals surface area contributed by atoms with Crippen LogP contribution in [-0.4, -0.2) is 0 Å². The fourth-order valence-electron chi connectivity index (χ4n) is 0.584. The van der Waals surface area contributed by atoms with Crippen LogP contribution in [0.25, 0.3) is 0 Å². The van der Waals surface area contributed by atoms with Crippen LogP contribution >= 0.6 is 0 Å². The van der Waals surface area contributed by atoms with Gasteiger partial charge in [0.2, 0.25) is 0 Å². The Labute approximate surface area is 63.3 Å². The average Bonchev–Trinajstić information content (AvgIpc) is 1.89. The molecular weight excluding hydrogens is 120 g/mol. The van der Waals surface area contributed by atoms with Crippen molar-refractivity contribution in [3.05, 3.63) is 48.6 Å². The molecular formula is C10H14. The lowest BCUT2D eigenvalue weighted by Crippen LogP contribution is -1.75. The van der Waals surface area contributed by atoms with Crippen molar-refractivity contribution in [2.75, 3.05) is 0 Å². The lowest BCUT2D eigenvalue weighted by atomic mass is 10.1. The van der Waals surface area contributed by atoms with Gasteiger partial charge < -0.3 is 0 Å². The standard InChI is InChI=1S/C10H14/c1-5-7-8-10(6-2)9(3)4/h5-8H,2-3H2,1,4H3/b7-5-,10-8+. The molecule has 0 heterocycles. The summed E-state index contributed by atoms with van der Waals surface area (Å²) in [5.41, 5.74) is 2.14. The van der Waals surface area contributed by atoms with E-state index in [0.717, 1.165) is 11.1 Å². The predicted molar refractivity (Wildman–Crippen MR) is 47.9 cm³/mol. The Morgan fingerprint density at radius 3 is 2.30 bits per heavy atom. The van der Waals surface area contributed by atoms with Gasteiger partial charge in [0.15, 0.2) is 0 Å². The molecule has 0 bridgehead atoms. The van der Waals surface area contributed by atoms with E-state index in [4.69, 9.17) is 0 Å². The van der Waals surface area contributed by atoms with E-state index in [-0.39, 0.29) is 0 Å². The van der Waals surface area contributed by atoms with E-state index in [1.54, 1.807) is 0 Å². The van der Waals surface area contributed by atoms with Crippen LogP contribution in [0.5, 0.6) is 0 Å². The van der Waals surface area contributed by atoms with Gasteiger partial charge in [-0.3, -0.25) is 0 Å². The molecule has 54 valence electrons. The second-order valence-electron chi connectivity index (χ2n) is 2.13. The molecule has 0 aromatic rings. The van der Waals surface area contributed by atoms with Gasteiger partial charge in [-0.2, -0.15) is 0 Å². The number of hydrogen-bond acceptors (Lipinski definition) is 0. The van der Waals surface area contributed by atoms with Gasteiger partial charge in [-0.15, -0.1) is 0 Å². The van der Waals surface area contributed by atoms with E-state index >= 15 is 0 Å². The van der Waals surface area contributed by atoms with Crippen LogP contribution in [0.15, 0.2) is 48.6 Å². The van der Waals surface area contributed by atoms with E-state index in [0.29, 0.717) is 0 Å². The minimum atomic E-state index is 1.05. The molecule has 0 radical (unpaired) electrons. The molecule has 0 aromatic carbocycles. The first-order valence-electron chi connectivity index (χ1n) is 3.33. The molecule has 0 N–H and O–H groups in total. The van der Waals surface area contributed by atoms with E-state index in [1.807, 2.05) is 38.2 Å². The maximum atomic E-state index is 3.81. The SMILES string of the molecule is C=C/C(=C\C=C/C)C(=C)C. The molecule has 0 nitrogen and oxygen atoms in total. The van der Waals surface area contributed by atoms with Crippen LogP contribution < -0.4 is 0 Å². The molecule has 0 rings (SSSR count). The first kappa shape index (κ1) is 8.96. The quantitative estimate of drug-likeness (QED) is 0.520. The lowest BCUT2D eigenvalue weighted by molar-refractivity contribution is 1.46. The molecule has 0 saturated heterocycles. The van der Waals surface area contributed by atoms with Crippen molar-refractivity contribution >= 4 is 0 Å². The summed E-state index contributed by atoms with van der Waals surface area (Å²) in [7, 11) is 0. The molecule has 0 fully saturated rings. The fraction of sp³-hybridized carbons (Fsp3) is 0.200. The summed E-state index contributed by atoms with van der Waals surface area (Å²) in [5, 5.41) is 0. The van der Waals surface area contributed by atoms with Crippen molar-refractivity contribution in [2.45, 2.75) is 13.8 Å². The van der Waals surface area contributed by atoms with Gasteiger partial charge in [-0.25, -0.2) is 0 Å². The summed E-state index contributed by atoms with van der Waals surface area (Å²) in [6.07, 6.45) is 7.76. The van der Waals surface area contributed by atoms with Gasteiger partial charge in [-0.05, 0) is 19.4 Å². The summed E-state index contributed by atoms with van der Waals surface area (Å²) >= 11 is 0. The van der Waals surface area contributed by atoms with Crippen molar-refractivity contribution in [1.29, 1.82) is 0 Å². The summed E-state index contributed by atoms with van der Waals surface area (Å²) in [6, 6.07) is 0. The Kier molecular flexibility index (Phi) is 4.30. The van der Waals surface area contributed by atoms with E-state index in [2.05, 4.69) is 13.2 Å². The van der Waals surface area contributed by atoms with Crippen molar-refractivity contribution in [3.63, 3.8) is 0 Å². The molecule has 0 aliphatic heterocycles. The summed E-state index contributed by atoms with van der Waals surface area (Å²) in [6.45, 7) is 11.4. The largest absolute Gasteiger partial charge is 0.0985 e. The highest BCUT2D eigenvalue weighted by molar-refractivity contribution is 5.37. The Balaban J connectivity index is 4.33. The monoisotopic (exact) mass is 134 g/mol. The first-order valence-corrected chi connectivity index (χ1v) is 3.33. The highest BCUT2D eigenvalue weighted by Gasteiger charge is 1.86. The van der Waals surface area contributed by atoms with Crippen molar-refractivity contribution in [3.8, 4) is 0 Å². The summed E-state index contributed by atoms with van der Waals surface area (Å²) < 4.78 is 0. The van der Waals surface area contributed by atoms with Gasteiger partial charge in [0.1, 0.15) is 0 Å². The molecule has 0 aliphatic carbocycles. The number of rotatable bonds is 3. The molecule has 0 unspecified atom stereocenters. The molecule has 0 saturated carbocycles. The van der Waals surface area contributed by atoms with E-state index in [1.165, 1.54) is 0 Å². The Bertz CT molecular complexity index is 180. The highest BCUT2D eigenvalue weighted by atomic mass is 13.9. The second-order valence-corrected chi connectivity index (χ2v) is 2.13. The van der Waals surface area contributed by atoms with E-state index in [9.17, 15) is 0 Å². The van der Waals surface area contributed by atoms with Crippen LogP contribution in [-0.2, 0) is 0 Å². The maximum Gasteiger partial charge on any atom is -0.0239 e. The molecule has 10 heavy (non-hydrogen) atoms. The molecule has 0 aromatic heterocycles. The smallest absolute Gasteiger partial charge is 0.0239 e. The van der Waals surface area contributed by atoms with Gasteiger partial charge in [0.25, 0.3) is 0 Å². The molecule has 0 spiro atoms. The fourth-order valence-corrected chi connectivity index (χ4v) is 0.584. The van der Waals surface area contributed by atoms with Crippen molar-refractivity contribution in [1.82, 2.24) is 0 Å². The third kappa shape index (κ3) is 3.08. The topological polar surface area (TPSA) is 0 Å². The normalized spacial score (nSPS) is 12.0. The van der Waals surface area contributed by atoms with Crippen molar-refractivity contribution in [2.24, 2.45) is 0 Å². The summed E-state index contributed by atoms with van der Waals surface area (Å²) in [4.78, 5) is 0. The van der Waals surface area contributed by atoms with Gasteiger partial charge in [0, 0.05) is 0 Å². The van der Waals surface area contributed by atoms with Crippen LogP contribution in [0, 0.1) is 0 Å². The van der Waals surface area contributed by atoms with Crippen LogP contribution in [0.1, 0.15) is 13.8 Å². The number of allylic oxidation sites excluding steroid dienone is 6. The zero-order valence-corrected chi connectivity index (χ0v) is 6.72. The molecule has 0 aliphatic rings. The minimum absolute atomic E-state index is 1.05. The van der Waals surface area contributed by atoms with Crippen LogP contribution in [0.2, 0.25) is 0 Å². The highest BCUT2D eigenvalue weighted by Crippen LogP contribution is 2.06. The predicted octanol–water partition coefficient (Wildman–Crippen LogP) is 3.25. The molecule has 0 atom stereocenters. The molecule has 0 heteroatoms. The number of hydrogen-bond donors (Lipinski definition) is 0. The lowest BCUT2D eigenvalue weighted by Gasteiger charge is -1.95. The summed E-state index contributed by atoms with van der Waals surface area (Å²) in [5.74, 6) is 0.